The largest absolute Gasteiger partial charge is 0.461 e. The van der Waals surface area contributed by atoms with Crippen LogP contribution in [0.15, 0.2) is 115 Å². The Morgan fingerprint density at radius 2 is 1.38 bits per heavy atom. The zero-order chi connectivity index (χ0) is 29.7. The molecule has 1 aliphatic heterocycles. The molecule has 0 saturated carbocycles. The number of benzene rings is 4. The molecular weight excluding hydrogens is 545 g/mol. The van der Waals surface area contributed by atoms with Crippen LogP contribution >= 0.6 is 0 Å². The topological polar surface area (TPSA) is 72.8 Å². The van der Waals surface area contributed by atoms with Crippen LogP contribution in [-0.4, -0.2) is 35.9 Å². The molecule has 4 aromatic carbocycles. The highest BCUT2D eigenvalue weighted by atomic mass is 19.4. The van der Waals surface area contributed by atoms with Crippen molar-refractivity contribution in [2.24, 2.45) is 0 Å². The Hall–Kier alpha value is -4.69. The highest BCUT2D eigenvalue weighted by Crippen LogP contribution is 2.35. The van der Waals surface area contributed by atoms with Crippen molar-refractivity contribution >= 4 is 18.0 Å². The highest BCUT2D eigenvalue weighted by molar-refractivity contribution is 5.96. The molecule has 1 fully saturated rings. The van der Waals surface area contributed by atoms with Crippen LogP contribution in [0.1, 0.15) is 34.6 Å². The first-order valence-electron chi connectivity index (χ1n) is 13.3. The average molecular weight is 573 g/mol. The van der Waals surface area contributed by atoms with Gasteiger partial charge in [-0.05, 0) is 46.0 Å². The number of ether oxygens (including phenoxy) is 2. The lowest BCUT2D eigenvalue weighted by molar-refractivity contribution is -0.166. The maximum Gasteiger partial charge on any atom is 0.416 e. The fourth-order valence-corrected chi connectivity index (χ4v) is 4.91. The number of rotatable bonds is 8. The number of hydrogen-bond acceptors (Lipinski definition) is 5. The van der Waals surface area contributed by atoms with Crippen LogP contribution < -0.4 is 0 Å². The van der Waals surface area contributed by atoms with Gasteiger partial charge >= 0.3 is 18.1 Å². The molecule has 0 radical (unpaired) electrons. The summed E-state index contributed by atoms with van der Waals surface area (Å²) in [6.45, 7) is -0.869. The van der Waals surface area contributed by atoms with Gasteiger partial charge in [-0.15, -0.1) is 0 Å². The lowest BCUT2D eigenvalue weighted by atomic mass is 9.91. The summed E-state index contributed by atoms with van der Waals surface area (Å²) in [5.41, 5.74) is 1.64. The number of esters is 2. The van der Waals surface area contributed by atoms with Gasteiger partial charge in [0.15, 0.2) is 5.60 Å². The Morgan fingerprint density at radius 3 is 1.88 bits per heavy atom. The Kier molecular flexibility index (Phi) is 8.27. The van der Waals surface area contributed by atoms with Crippen molar-refractivity contribution in [2.45, 2.75) is 24.1 Å². The number of carbonyl (C=O) groups excluding carboxylic acids is 2. The normalized spacial score (nSPS) is 17.8. The smallest absolute Gasteiger partial charge is 0.416 e. The van der Waals surface area contributed by atoms with Gasteiger partial charge in [-0.3, -0.25) is 4.79 Å². The first-order chi connectivity index (χ1) is 20.2. The minimum Gasteiger partial charge on any atom is -0.461 e. The summed E-state index contributed by atoms with van der Waals surface area (Å²) in [7, 11) is 0. The standard InChI is InChI=1S/C34H27F3O5/c35-34(36,37)29-17-15-25(16-18-29)24-13-11-23(12-14-24)19-28-20-33(21-38,42-31(28)39)22-41-32(40)30(26-7-3-1-4-8-26)27-9-5-2-6-10-27/h1-19,30,38H,20-22H2/b28-19-. The number of hydrogen-bond donors (Lipinski definition) is 1. The zero-order valence-electron chi connectivity index (χ0n) is 22.4. The molecule has 0 bridgehead atoms. The first kappa shape index (κ1) is 28.8. The summed E-state index contributed by atoms with van der Waals surface area (Å²) >= 11 is 0. The SMILES string of the molecule is O=C1OC(CO)(COC(=O)C(c2ccccc2)c2ccccc2)C/C1=C/c1ccc(-c2ccc(C(F)(F)F)cc2)cc1. The van der Waals surface area contributed by atoms with Crippen molar-refractivity contribution in [3.8, 4) is 11.1 Å². The van der Waals surface area contributed by atoms with Crippen molar-refractivity contribution in [3.63, 3.8) is 0 Å². The monoisotopic (exact) mass is 572 g/mol. The summed E-state index contributed by atoms with van der Waals surface area (Å²) in [6.07, 6.45) is -2.76. The molecule has 1 aliphatic rings. The quantitative estimate of drug-likeness (QED) is 0.186. The van der Waals surface area contributed by atoms with Crippen molar-refractivity contribution in [2.75, 3.05) is 13.2 Å². The molecule has 8 heteroatoms. The van der Waals surface area contributed by atoms with Gasteiger partial charge in [-0.25, -0.2) is 4.79 Å². The molecular formula is C34H27F3O5. The maximum atomic E-state index is 13.3. The van der Waals surface area contributed by atoms with E-state index >= 15 is 0 Å². The predicted molar refractivity (Wildman–Crippen MR) is 151 cm³/mol. The second-order valence-corrected chi connectivity index (χ2v) is 10.1. The van der Waals surface area contributed by atoms with Crippen LogP contribution in [-0.2, 0) is 25.2 Å². The van der Waals surface area contributed by atoms with Gasteiger partial charge in [0.05, 0.1) is 12.2 Å². The van der Waals surface area contributed by atoms with E-state index < -0.39 is 41.8 Å². The summed E-state index contributed by atoms with van der Waals surface area (Å²) in [5, 5.41) is 10.2. The predicted octanol–water partition coefficient (Wildman–Crippen LogP) is 6.81. The molecule has 214 valence electrons. The van der Waals surface area contributed by atoms with Crippen LogP contribution in [0.25, 0.3) is 17.2 Å². The molecule has 0 aromatic heterocycles. The lowest BCUT2D eigenvalue weighted by Gasteiger charge is -2.26. The third-order valence-electron chi connectivity index (χ3n) is 7.15. The third kappa shape index (κ3) is 6.44. The van der Waals surface area contributed by atoms with Crippen LogP contribution in [0.4, 0.5) is 13.2 Å². The summed E-state index contributed by atoms with van der Waals surface area (Å²) in [5.74, 6) is -1.86. The summed E-state index contributed by atoms with van der Waals surface area (Å²) < 4.78 is 49.8. The van der Waals surface area contributed by atoms with Crippen LogP contribution in [0.5, 0.6) is 0 Å². The molecule has 42 heavy (non-hydrogen) atoms. The molecule has 0 aliphatic carbocycles. The maximum absolute atomic E-state index is 13.3. The van der Waals surface area contributed by atoms with Crippen LogP contribution in [0.3, 0.4) is 0 Å². The van der Waals surface area contributed by atoms with E-state index in [0.29, 0.717) is 22.3 Å². The van der Waals surface area contributed by atoms with Crippen LogP contribution in [0, 0.1) is 0 Å². The second kappa shape index (κ2) is 12.0. The van der Waals surface area contributed by atoms with Gasteiger partial charge in [0.2, 0.25) is 0 Å². The number of halogens is 3. The van der Waals surface area contributed by atoms with E-state index in [9.17, 15) is 27.9 Å². The lowest BCUT2D eigenvalue weighted by Crippen LogP contribution is -2.40. The minimum atomic E-state index is -4.40. The fraction of sp³-hybridized carbons (Fsp3) is 0.176. The van der Waals surface area contributed by atoms with E-state index in [1.165, 1.54) is 12.1 Å². The van der Waals surface area contributed by atoms with E-state index in [2.05, 4.69) is 0 Å². The highest BCUT2D eigenvalue weighted by Gasteiger charge is 2.45. The van der Waals surface area contributed by atoms with Crippen molar-refractivity contribution in [1.82, 2.24) is 0 Å². The number of carbonyl (C=O) groups is 2. The van der Waals surface area contributed by atoms with Crippen LogP contribution in [0.2, 0.25) is 0 Å². The van der Waals surface area contributed by atoms with Gasteiger partial charge in [-0.2, -0.15) is 13.2 Å². The minimum absolute atomic E-state index is 0.0254. The fourth-order valence-electron chi connectivity index (χ4n) is 4.91. The summed E-state index contributed by atoms with van der Waals surface area (Å²) in [4.78, 5) is 26.1. The molecule has 1 heterocycles. The molecule has 5 rings (SSSR count). The molecule has 0 amide bonds. The van der Waals surface area contributed by atoms with Crippen molar-refractivity contribution in [1.29, 1.82) is 0 Å². The van der Waals surface area contributed by atoms with Gasteiger partial charge in [0.1, 0.15) is 12.5 Å². The number of cyclic esters (lactones) is 1. The molecule has 1 atom stereocenters. The Labute approximate surface area is 240 Å². The number of aliphatic hydroxyl groups excluding tert-OH is 1. The average Bonchev–Trinajstić information content (AvgIpc) is 3.32. The molecule has 1 saturated heterocycles. The van der Waals surface area contributed by atoms with E-state index in [0.717, 1.165) is 23.3 Å². The van der Waals surface area contributed by atoms with Crippen molar-refractivity contribution < 1.29 is 37.3 Å². The van der Waals surface area contributed by atoms with Crippen molar-refractivity contribution in [3.05, 3.63) is 137 Å². The van der Waals surface area contributed by atoms with E-state index in [1.54, 1.807) is 30.3 Å². The van der Waals surface area contributed by atoms with E-state index in [4.69, 9.17) is 9.47 Å². The Balaban J connectivity index is 1.28. The van der Waals surface area contributed by atoms with E-state index in [-0.39, 0.29) is 13.0 Å². The molecule has 5 nitrogen and oxygen atoms in total. The molecule has 1 unspecified atom stereocenters. The van der Waals surface area contributed by atoms with E-state index in [1.807, 2.05) is 60.7 Å². The van der Waals surface area contributed by atoms with Gasteiger partial charge < -0.3 is 14.6 Å². The Morgan fingerprint density at radius 1 is 0.857 bits per heavy atom. The zero-order valence-corrected chi connectivity index (χ0v) is 22.4. The Bertz CT molecular complexity index is 1520. The molecule has 0 spiro atoms. The molecule has 1 N–H and O–H groups in total. The first-order valence-corrected chi connectivity index (χ1v) is 13.3. The summed E-state index contributed by atoms with van der Waals surface area (Å²) in [6, 6.07) is 30.2. The number of alkyl halides is 3. The molecule has 4 aromatic rings. The van der Waals surface area contributed by atoms with Gasteiger partial charge in [0, 0.05) is 12.0 Å². The van der Waals surface area contributed by atoms with Gasteiger partial charge in [0.25, 0.3) is 0 Å². The number of aliphatic hydroxyl groups is 1. The van der Waals surface area contributed by atoms with Gasteiger partial charge in [-0.1, -0.05) is 97.1 Å². The third-order valence-corrected chi connectivity index (χ3v) is 7.15. The second-order valence-electron chi connectivity index (χ2n) is 10.1.